The van der Waals surface area contributed by atoms with Gasteiger partial charge < -0.3 is 15.8 Å². The molecule has 3 aromatic rings. The van der Waals surface area contributed by atoms with Crippen LogP contribution in [0.5, 0.6) is 0 Å². The summed E-state index contributed by atoms with van der Waals surface area (Å²) in [5, 5.41) is 8.42. The van der Waals surface area contributed by atoms with Gasteiger partial charge in [0.2, 0.25) is 0 Å². The number of rotatable bonds is 5. The number of anilines is 1. The predicted molar refractivity (Wildman–Crippen MR) is 91.9 cm³/mol. The minimum atomic E-state index is -1.13. The van der Waals surface area contributed by atoms with Crippen molar-refractivity contribution >= 4 is 39.9 Å². The van der Waals surface area contributed by atoms with Gasteiger partial charge in [0.15, 0.2) is 6.10 Å². The Hall–Kier alpha value is -3.34. The highest BCUT2D eigenvalue weighted by Crippen LogP contribution is 2.23. The average Bonchev–Trinajstić information content (AvgIpc) is 3.22. The van der Waals surface area contributed by atoms with Gasteiger partial charge >= 0.3 is 5.97 Å². The third-order valence-corrected chi connectivity index (χ3v) is 4.26. The van der Waals surface area contributed by atoms with Crippen LogP contribution in [0.25, 0.3) is 5.78 Å². The summed E-state index contributed by atoms with van der Waals surface area (Å²) in [5.74, 6) is -2.10. The van der Waals surface area contributed by atoms with Gasteiger partial charge in [-0.05, 0) is 31.4 Å². The molecule has 134 valence electrons. The summed E-state index contributed by atoms with van der Waals surface area (Å²) < 4.78 is 6.48. The molecule has 0 saturated heterocycles. The fourth-order valence-corrected chi connectivity index (χ4v) is 2.87. The number of amides is 2. The van der Waals surface area contributed by atoms with Gasteiger partial charge in [-0.2, -0.15) is 4.98 Å². The van der Waals surface area contributed by atoms with Crippen LogP contribution in [0.2, 0.25) is 0 Å². The molecule has 2 amide bonds. The van der Waals surface area contributed by atoms with E-state index in [1.165, 1.54) is 17.5 Å². The van der Waals surface area contributed by atoms with Crippen LogP contribution < -0.4 is 11.1 Å². The molecular weight excluding hydrogens is 360 g/mol. The Bertz CT molecular complexity index is 1010. The number of thiophene rings is 1. The summed E-state index contributed by atoms with van der Waals surface area (Å²) in [6.45, 7) is 3.18. The molecule has 3 N–H and O–H groups in total. The minimum absolute atomic E-state index is 0.186. The van der Waals surface area contributed by atoms with Gasteiger partial charge in [-0.3, -0.25) is 9.59 Å². The Balaban J connectivity index is 1.69. The number of aromatic nitrogens is 4. The van der Waals surface area contributed by atoms with E-state index in [4.69, 9.17) is 10.5 Å². The first-order valence-corrected chi connectivity index (χ1v) is 8.32. The number of aryl methyl sites for hydroxylation is 1. The number of nitrogens with one attached hydrogen (secondary N) is 1. The van der Waals surface area contributed by atoms with Crippen molar-refractivity contribution < 1.29 is 19.1 Å². The molecule has 26 heavy (non-hydrogen) atoms. The van der Waals surface area contributed by atoms with E-state index in [2.05, 4.69) is 20.4 Å². The van der Waals surface area contributed by atoms with E-state index >= 15 is 0 Å². The Morgan fingerprint density at radius 1 is 1.35 bits per heavy atom. The summed E-state index contributed by atoms with van der Waals surface area (Å²) in [6, 6.07) is 3.21. The number of primary amides is 1. The van der Waals surface area contributed by atoms with Gasteiger partial charge in [0, 0.05) is 11.9 Å². The van der Waals surface area contributed by atoms with E-state index in [0.717, 1.165) is 17.0 Å². The molecule has 11 heteroatoms. The third-order valence-electron chi connectivity index (χ3n) is 3.43. The van der Waals surface area contributed by atoms with Crippen molar-refractivity contribution in [2.24, 2.45) is 5.73 Å². The Morgan fingerprint density at radius 2 is 2.12 bits per heavy atom. The largest absolute Gasteiger partial charge is 0.447 e. The second kappa shape index (κ2) is 6.88. The maximum atomic E-state index is 12.2. The van der Waals surface area contributed by atoms with Crippen molar-refractivity contribution in [1.29, 1.82) is 0 Å². The first kappa shape index (κ1) is 17.5. The Kier molecular flexibility index (Phi) is 4.63. The maximum absolute atomic E-state index is 12.2. The van der Waals surface area contributed by atoms with Gasteiger partial charge in [0.25, 0.3) is 23.4 Å². The van der Waals surface area contributed by atoms with Crippen LogP contribution in [0.3, 0.4) is 0 Å². The molecule has 0 aromatic carbocycles. The SMILES string of the molecule is Cc1ccnc2nc(C(=O)O[C@H](C)C(=O)Nc3sccc3C(N)=O)nn12. The molecule has 3 rings (SSSR count). The van der Waals surface area contributed by atoms with E-state index in [1.807, 2.05) is 0 Å². The van der Waals surface area contributed by atoms with Crippen molar-refractivity contribution in [3.8, 4) is 0 Å². The molecule has 0 aliphatic carbocycles. The molecular formula is C15H14N6O4S. The number of hydrogen-bond donors (Lipinski definition) is 2. The number of fused-ring (bicyclic) bond motifs is 1. The number of carbonyl (C=O) groups excluding carboxylic acids is 3. The van der Waals surface area contributed by atoms with Gasteiger partial charge in [-0.25, -0.2) is 14.3 Å². The predicted octanol–water partition coefficient (Wildman–Crippen LogP) is 0.777. The Morgan fingerprint density at radius 3 is 2.81 bits per heavy atom. The van der Waals surface area contributed by atoms with Crippen LogP contribution in [0.15, 0.2) is 23.7 Å². The molecule has 0 bridgehead atoms. The zero-order chi connectivity index (χ0) is 18.8. The number of hydrogen-bond acceptors (Lipinski definition) is 8. The van der Waals surface area contributed by atoms with Crippen LogP contribution in [0.4, 0.5) is 5.00 Å². The second-order valence-electron chi connectivity index (χ2n) is 5.30. The fourth-order valence-electron chi connectivity index (χ4n) is 2.07. The van der Waals surface area contributed by atoms with Crippen LogP contribution in [0.1, 0.15) is 33.6 Å². The summed E-state index contributed by atoms with van der Waals surface area (Å²) in [7, 11) is 0. The molecule has 1 atom stereocenters. The smallest absolute Gasteiger partial charge is 0.379 e. The van der Waals surface area contributed by atoms with Crippen LogP contribution >= 0.6 is 11.3 Å². The number of ether oxygens (including phenoxy) is 1. The normalized spacial score (nSPS) is 11.9. The second-order valence-corrected chi connectivity index (χ2v) is 6.21. The van der Waals surface area contributed by atoms with Crippen molar-refractivity contribution in [1.82, 2.24) is 19.6 Å². The molecule has 3 heterocycles. The maximum Gasteiger partial charge on any atom is 0.379 e. The summed E-state index contributed by atoms with van der Waals surface area (Å²) in [5.41, 5.74) is 6.15. The van der Waals surface area contributed by atoms with Gasteiger partial charge in [-0.15, -0.1) is 16.4 Å². The van der Waals surface area contributed by atoms with Crippen molar-refractivity contribution in [3.63, 3.8) is 0 Å². The van der Waals surface area contributed by atoms with E-state index in [0.29, 0.717) is 0 Å². The number of nitrogens with two attached hydrogens (primary N) is 1. The van der Waals surface area contributed by atoms with Crippen LogP contribution in [-0.4, -0.2) is 43.5 Å². The molecule has 10 nitrogen and oxygen atoms in total. The molecule has 3 aromatic heterocycles. The summed E-state index contributed by atoms with van der Waals surface area (Å²) in [4.78, 5) is 43.6. The monoisotopic (exact) mass is 374 g/mol. The quantitative estimate of drug-likeness (QED) is 0.628. The van der Waals surface area contributed by atoms with Crippen LogP contribution in [-0.2, 0) is 9.53 Å². The lowest BCUT2D eigenvalue weighted by Gasteiger charge is -2.12. The van der Waals surface area contributed by atoms with Crippen LogP contribution in [0, 0.1) is 6.92 Å². The topological polar surface area (TPSA) is 142 Å². The fraction of sp³-hybridized carbons (Fsp3) is 0.200. The minimum Gasteiger partial charge on any atom is -0.447 e. The summed E-state index contributed by atoms with van der Waals surface area (Å²) in [6.07, 6.45) is 0.410. The lowest BCUT2D eigenvalue weighted by molar-refractivity contribution is -0.123. The Labute approximate surface area is 151 Å². The lowest BCUT2D eigenvalue weighted by Crippen LogP contribution is -2.30. The van der Waals surface area contributed by atoms with E-state index < -0.39 is 23.9 Å². The molecule has 0 unspecified atom stereocenters. The van der Waals surface area contributed by atoms with E-state index in [-0.39, 0.29) is 22.2 Å². The van der Waals surface area contributed by atoms with Crippen molar-refractivity contribution in [2.45, 2.75) is 20.0 Å². The molecule has 0 fully saturated rings. The van der Waals surface area contributed by atoms with E-state index in [9.17, 15) is 14.4 Å². The highest BCUT2D eigenvalue weighted by molar-refractivity contribution is 7.14. The highest BCUT2D eigenvalue weighted by atomic mass is 32.1. The van der Waals surface area contributed by atoms with Gasteiger partial charge in [0.05, 0.1) is 5.56 Å². The van der Waals surface area contributed by atoms with Crippen molar-refractivity contribution in [3.05, 3.63) is 40.8 Å². The zero-order valence-electron chi connectivity index (χ0n) is 13.8. The number of nitrogens with zero attached hydrogens (tertiary/aromatic N) is 4. The molecule has 0 saturated carbocycles. The average molecular weight is 374 g/mol. The first-order valence-electron chi connectivity index (χ1n) is 7.44. The highest BCUT2D eigenvalue weighted by Gasteiger charge is 2.24. The van der Waals surface area contributed by atoms with Gasteiger partial charge in [0.1, 0.15) is 5.00 Å². The molecule has 0 aliphatic rings. The zero-order valence-corrected chi connectivity index (χ0v) is 14.6. The number of carbonyl (C=O) groups is 3. The van der Waals surface area contributed by atoms with E-state index in [1.54, 1.807) is 24.6 Å². The number of esters is 1. The van der Waals surface area contributed by atoms with Gasteiger partial charge in [-0.1, -0.05) is 0 Å². The first-order chi connectivity index (χ1) is 12.4. The van der Waals surface area contributed by atoms with Crippen molar-refractivity contribution in [2.75, 3.05) is 5.32 Å². The lowest BCUT2D eigenvalue weighted by atomic mass is 10.3. The standard InChI is InChI=1S/C15H14N6O4S/c1-7-3-5-17-15-18-11(20-21(7)15)14(24)25-8(2)12(23)19-13-9(10(16)22)4-6-26-13/h3-6,8H,1-2H3,(H2,16,22)(H,19,23)/t8-/m1/s1. The summed E-state index contributed by atoms with van der Waals surface area (Å²) >= 11 is 1.13. The molecule has 0 spiro atoms. The third kappa shape index (κ3) is 3.37. The molecule has 0 radical (unpaired) electrons. The molecule has 0 aliphatic heterocycles.